The van der Waals surface area contributed by atoms with Gasteiger partial charge in [-0.15, -0.1) is 11.8 Å². The van der Waals surface area contributed by atoms with Crippen LogP contribution in [0, 0.1) is 11.6 Å². The van der Waals surface area contributed by atoms with Gasteiger partial charge in [-0.25, -0.2) is 8.78 Å². The number of nitrogens with two attached hydrogens (primary N) is 1. The van der Waals surface area contributed by atoms with Gasteiger partial charge in [-0.3, -0.25) is 0 Å². The van der Waals surface area contributed by atoms with Crippen LogP contribution in [0.4, 0.5) is 14.5 Å². The fourth-order valence-electron chi connectivity index (χ4n) is 0.976. The van der Waals surface area contributed by atoms with Gasteiger partial charge in [-0.2, -0.15) is 0 Å². The van der Waals surface area contributed by atoms with Gasteiger partial charge in [0.2, 0.25) is 0 Å². The van der Waals surface area contributed by atoms with E-state index in [4.69, 9.17) is 5.73 Å². The van der Waals surface area contributed by atoms with Crippen LogP contribution in [0.3, 0.4) is 0 Å². The lowest BCUT2D eigenvalue weighted by Crippen LogP contribution is -2.15. The van der Waals surface area contributed by atoms with Crippen molar-refractivity contribution < 1.29 is 13.9 Å². The Morgan fingerprint density at radius 2 is 1.73 bits per heavy atom. The van der Waals surface area contributed by atoms with Crippen LogP contribution in [0.5, 0.6) is 0 Å². The van der Waals surface area contributed by atoms with Crippen LogP contribution >= 0.6 is 11.8 Å². The van der Waals surface area contributed by atoms with Crippen LogP contribution in [0.15, 0.2) is 17.0 Å². The Balaban J connectivity index is 2.95. The summed E-state index contributed by atoms with van der Waals surface area (Å²) in [6, 6.07) is 2.14. The Morgan fingerprint density at radius 1 is 1.27 bits per heavy atom. The normalized spacial score (nSPS) is 15.0. The number of anilines is 1. The molecule has 1 aromatic rings. The molecule has 2 nitrogen and oxygen atoms in total. The van der Waals surface area contributed by atoms with Crippen LogP contribution in [-0.4, -0.2) is 16.5 Å². The zero-order chi connectivity index (χ0) is 11.6. The zero-order valence-electron chi connectivity index (χ0n) is 8.50. The molecule has 0 fully saturated rings. The standard InChI is InChI=1S/C10H13F2NOS/c1-5(14)6(2)15-10-8(11)3-7(13)4-9(10)12/h3-6,14H,13H2,1-2H3. The maximum Gasteiger partial charge on any atom is 0.141 e. The number of rotatable bonds is 3. The summed E-state index contributed by atoms with van der Waals surface area (Å²) >= 11 is 0.958. The lowest BCUT2D eigenvalue weighted by Gasteiger charge is -2.15. The molecule has 5 heteroatoms. The van der Waals surface area contributed by atoms with Gasteiger partial charge in [0.25, 0.3) is 0 Å². The van der Waals surface area contributed by atoms with Crippen LogP contribution in [0.1, 0.15) is 13.8 Å². The van der Waals surface area contributed by atoms with Crippen molar-refractivity contribution >= 4 is 17.4 Å². The van der Waals surface area contributed by atoms with Gasteiger partial charge >= 0.3 is 0 Å². The lowest BCUT2D eigenvalue weighted by atomic mass is 10.3. The van der Waals surface area contributed by atoms with Crippen molar-refractivity contribution in [2.75, 3.05) is 5.73 Å². The lowest BCUT2D eigenvalue weighted by molar-refractivity contribution is 0.196. The highest BCUT2D eigenvalue weighted by Crippen LogP contribution is 2.31. The molecule has 1 aromatic carbocycles. The van der Waals surface area contributed by atoms with E-state index in [1.54, 1.807) is 13.8 Å². The molecule has 0 heterocycles. The molecule has 0 saturated carbocycles. The van der Waals surface area contributed by atoms with Crippen LogP contribution in [-0.2, 0) is 0 Å². The van der Waals surface area contributed by atoms with Crippen molar-refractivity contribution in [3.05, 3.63) is 23.8 Å². The third-order valence-electron chi connectivity index (χ3n) is 2.00. The van der Waals surface area contributed by atoms with E-state index < -0.39 is 17.7 Å². The second-order valence-electron chi connectivity index (χ2n) is 3.38. The predicted molar refractivity (Wildman–Crippen MR) is 57.8 cm³/mol. The molecular weight excluding hydrogens is 220 g/mol. The van der Waals surface area contributed by atoms with E-state index in [0.717, 1.165) is 23.9 Å². The second kappa shape index (κ2) is 4.81. The van der Waals surface area contributed by atoms with Crippen LogP contribution in [0.2, 0.25) is 0 Å². The maximum atomic E-state index is 13.3. The van der Waals surface area contributed by atoms with Gasteiger partial charge in [0, 0.05) is 10.9 Å². The molecule has 0 saturated heterocycles. The Kier molecular flexibility index (Phi) is 3.93. The summed E-state index contributed by atoms with van der Waals surface area (Å²) < 4.78 is 26.6. The zero-order valence-corrected chi connectivity index (χ0v) is 9.31. The molecule has 0 aliphatic rings. The first kappa shape index (κ1) is 12.3. The number of aliphatic hydroxyl groups is 1. The molecule has 0 bridgehead atoms. The van der Waals surface area contributed by atoms with Crippen molar-refractivity contribution in [2.45, 2.75) is 30.1 Å². The molecule has 2 atom stereocenters. The summed E-state index contributed by atoms with van der Waals surface area (Å²) in [5.74, 6) is -1.38. The van der Waals surface area contributed by atoms with E-state index >= 15 is 0 Å². The fraction of sp³-hybridized carbons (Fsp3) is 0.400. The first-order chi connectivity index (χ1) is 6.91. The molecule has 84 valence electrons. The summed E-state index contributed by atoms with van der Waals surface area (Å²) in [6.45, 7) is 3.27. The Morgan fingerprint density at radius 3 is 2.13 bits per heavy atom. The molecule has 0 radical (unpaired) electrons. The minimum absolute atomic E-state index is 0.0547. The fourth-order valence-corrected chi connectivity index (χ4v) is 1.89. The third kappa shape index (κ3) is 3.07. The highest BCUT2D eigenvalue weighted by atomic mass is 32.2. The molecule has 1 rings (SSSR count). The monoisotopic (exact) mass is 233 g/mol. The Hall–Kier alpha value is -0.810. The molecule has 0 aliphatic heterocycles. The predicted octanol–water partition coefficient (Wildman–Crippen LogP) is 2.41. The Bertz CT molecular complexity index is 334. The molecule has 3 N–H and O–H groups in total. The minimum Gasteiger partial charge on any atom is -0.399 e. The highest BCUT2D eigenvalue weighted by molar-refractivity contribution is 8.00. The number of aliphatic hydroxyl groups excluding tert-OH is 1. The number of thioether (sulfide) groups is 1. The highest BCUT2D eigenvalue weighted by Gasteiger charge is 2.17. The third-order valence-corrected chi connectivity index (χ3v) is 3.40. The largest absolute Gasteiger partial charge is 0.399 e. The second-order valence-corrected chi connectivity index (χ2v) is 4.76. The number of halogens is 2. The molecule has 0 spiro atoms. The first-order valence-corrected chi connectivity index (χ1v) is 5.39. The average molecular weight is 233 g/mol. The van der Waals surface area contributed by atoms with E-state index in [1.807, 2.05) is 0 Å². The van der Waals surface area contributed by atoms with E-state index in [9.17, 15) is 13.9 Å². The van der Waals surface area contributed by atoms with E-state index in [0.29, 0.717) is 0 Å². The van der Waals surface area contributed by atoms with Gasteiger partial charge in [-0.1, -0.05) is 6.92 Å². The van der Waals surface area contributed by atoms with Crippen LogP contribution in [0.25, 0.3) is 0 Å². The van der Waals surface area contributed by atoms with Crippen molar-refractivity contribution in [1.29, 1.82) is 0 Å². The SMILES string of the molecule is CC(O)C(C)Sc1c(F)cc(N)cc1F. The molecule has 0 aromatic heterocycles. The van der Waals surface area contributed by atoms with Crippen molar-refractivity contribution in [3.8, 4) is 0 Å². The molecule has 0 amide bonds. The number of hydrogen-bond acceptors (Lipinski definition) is 3. The summed E-state index contributed by atoms with van der Waals surface area (Å²) in [4.78, 5) is -0.0994. The molecule has 15 heavy (non-hydrogen) atoms. The van der Waals surface area contributed by atoms with E-state index in [1.165, 1.54) is 0 Å². The van der Waals surface area contributed by atoms with Gasteiger partial charge in [-0.05, 0) is 19.1 Å². The van der Waals surface area contributed by atoms with Crippen molar-refractivity contribution in [2.24, 2.45) is 0 Å². The molecule has 0 aliphatic carbocycles. The van der Waals surface area contributed by atoms with E-state index in [2.05, 4.69) is 0 Å². The summed E-state index contributed by atoms with van der Waals surface area (Å²) in [5, 5.41) is 8.95. The minimum atomic E-state index is -0.690. The van der Waals surface area contributed by atoms with Crippen molar-refractivity contribution in [3.63, 3.8) is 0 Å². The topological polar surface area (TPSA) is 46.2 Å². The van der Waals surface area contributed by atoms with Gasteiger partial charge in [0.1, 0.15) is 11.6 Å². The number of hydrogen-bond donors (Lipinski definition) is 2. The summed E-state index contributed by atoms with van der Waals surface area (Å²) in [5.41, 5.74) is 5.33. The average Bonchev–Trinajstić information content (AvgIpc) is 2.10. The van der Waals surface area contributed by atoms with Crippen LogP contribution < -0.4 is 5.73 Å². The number of nitrogen functional groups attached to an aromatic ring is 1. The van der Waals surface area contributed by atoms with Gasteiger partial charge in [0.15, 0.2) is 0 Å². The van der Waals surface area contributed by atoms with Crippen molar-refractivity contribution in [1.82, 2.24) is 0 Å². The molecule has 2 unspecified atom stereocenters. The van der Waals surface area contributed by atoms with Gasteiger partial charge < -0.3 is 10.8 Å². The molecular formula is C10H13F2NOS. The smallest absolute Gasteiger partial charge is 0.141 e. The summed E-state index contributed by atoms with van der Waals surface area (Å²) in [6.07, 6.45) is -0.633. The first-order valence-electron chi connectivity index (χ1n) is 4.51. The van der Waals surface area contributed by atoms with Gasteiger partial charge in [0.05, 0.1) is 11.0 Å². The number of benzene rings is 1. The quantitative estimate of drug-likeness (QED) is 0.622. The maximum absolute atomic E-state index is 13.3. The summed E-state index contributed by atoms with van der Waals surface area (Å²) in [7, 11) is 0. The Labute approximate surface area is 91.5 Å². The van der Waals surface area contributed by atoms with E-state index in [-0.39, 0.29) is 15.8 Å².